The van der Waals surface area contributed by atoms with Crippen molar-refractivity contribution in [2.24, 2.45) is 0 Å². The van der Waals surface area contributed by atoms with Gasteiger partial charge >= 0.3 is 0 Å². The second-order valence-electron chi connectivity index (χ2n) is 6.74. The van der Waals surface area contributed by atoms with Crippen LogP contribution in [-0.2, 0) is 24.2 Å². The second kappa shape index (κ2) is 7.45. The average molecular weight is 390 g/mol. The number of hydrogen-bond donors (Lipinski definition) is 1. The number of nitrogens with one attached hydrogen (secondary N) is 1. The van der Waals surface area contributed by atoms with E-state index in [9.17, 15) is 9.59 Å². The maximum absolute atomic E-state index is 12.9. The van der Waals surface area contributed by atoms with Crippen LogP contribution >= 0.6 is 23.4 Å². The molecule has 1 N–H and O–H groups in total. The molecule has 1 atom stereocenters. The third-order valence-electron chi connectivity index (χ3n) is 4.98. The fourth-order valence-electron chi connectivity index (χ4n) is 3.59. The van der Waals surface area contributed by atoms with E-state index in [0.29, 0.717) is 17.3 Å². The summed E-state index contributed by atoms with van der Waals surface area (Å²) >= 11 is 7.70. The van der Waals surface area contributed by atoms with Gasteiger partial charge in [0.15, 0.2) is 5.16 Å². The fourth-order valence-corrected chi connectivity index (χ4v) is 4.94. The highest BCUT2D eigenvalue weighted by Gasteiger charge is 2.30. The molecule has 2 aliphatic rings. The molecule has 0 unspecified atom stereocenters. The van der Waals surface area contributed by atoms with E-state index in [2.05, 4.69) is 5.32 Å². The minimum atomic E-state index is -0.131. The zero-order valence-electron chi connectivity index (χ0n) is 14.3. The molecule has 0 saturated carbocycles. The van der Waals surface area contributed by atoms with Gasteiger partial charge in [-0.15, -0.1) is 0 Å². The van der Waals surface area contributed by atoms with Crippen molar-refractivity contribution in [3.8, 4) is 0 Å². The zero-order valence-corrected chi connectivity index (χ0v) is 15.9. The summed E-state index contributed by atoms with van der Waals surface area (Å²) < 4.78 is 1.74. The Balaban J connectivity index is 1.47. The lowest BCUT2D eigenvalue weighted by Crippen LogP contribution is -2.33. The molecular weight excluding hydrogens is 370 g/mol. The molecule has 1 amide bonds. The van der Waals surface area contributed by atoms with E-state index in [4.69, 9.17) is 16.6 Å². The molecular formula is C19H20ClN3O2S. The van der Waals surface area contributed by atoms with Gasteiger partial charge in [-0.25, -0.2) is 4.98 Å². The largest absolute Gasteiger partial charge is 0.352 e. The Bertz CT molecular complexity index is 912. The highest BCUT2D eigenvalue weighted by atomic mass is 35.5. The van der Waals surface area contributed by atoms with Crippen LogP contribution in [0.5, 0.6) is 0 Å². The standard InChI is InChI=1S/C19H20ClN3O2S/c20-15-7-3-1-5-12(15)10-21-17(24)9-13-11-26-19-22-16-8-4-2-6-14(16)18(25)23(13)19/h1,3,5,7,13H,2,4,6,8-11H2,(H,21,24)/t13-/m0/s1. The first-order chi connectivity index (χ1) is 12.6. The molecule has 2 heterocycles. The smallest absolute Gasteiger partial charge is 0.257 e. The van der Waals surface area contributed by atoms with Crippen LogP contribution < -0.4 is 10.9 Å². The third-order valence-corrected chi connectivity index (χ3v) is 6.44. The number of carbonyl (C=O) groups excluding carboxylic acids is 1. The molecule has 7 heteroatoms. The van der Waals surface area contributed by atoms with Gasteiger partial charge in [0.1, 0.15) is 0 Å². The predicted octanol–water partition coefficient (Wildman–Crippen LogP) is 3.13. The van der Waals surface area contributed by atoms with Crippen molar-refractivity contribution in [1.82, 2.24) is 14.9 Å². The van der Waals surface area contributed by atoms with E-state index < -0.39 is 0 Å². The second-order valence-corrected chi connectivity index (χ2v) is 8.13. The molecule has 0 bridgehead atoms. The van der Waals surface area contributed by atoms with Crippen LogP contribution in [0.4, 0.5) is 0 Å². The number of thioether (sulfide) groups is 1. The number of aryl methyl sites for hydroxylation is 1. The molecule has 0 spiro atoms. The van der Waals surface area contributed by atoms with E-state index >= 15 is 0 Å². The Morgan fingerprint density at radius 3 is 2.96 bits per heavy atom. The number of halogens is 1. The van der Waals surface area contributed by atoms with Gasteiger partial charge in [0, 0.05) is 29.3 Å². The maximum atomic E-state index is 12.9. The third kappa shape index (κ3) is 3.40. The normalized spacial score (nSPS) is 18.3. The predicted molar refractivity (Wildman–Crippen MR) is 103 cm³/mol. The summed E-state index contributed by atoms with van der Waals surface area (Å²) in [6, 6.07) is 7.32. The number of carbonyl (C=O) groups is 1. The summed E-state index contributed by atoms with van der Waals surface area (Å²) in [5.41, 5.74) is 2.75. The van der Waals surface area contributed by atoms with Gasteiger partial charge in [-0.2, -0.15) is 0 Å². The number of rotatable bonds is 4. The number of amides is 1. The highest BCUT2D eigenvalue weighted by Crippen LogP contribution is 2.33. The average Bonchev–Trinajstić information content (AvgIpc) is 3.04. The molecule has 26 heavy (non-hydrogen) atoms. The molecule has 1 aliphatic heterocycles. The van der Waals surface area contributed by atoms with E-state index in [1.807, 2.05) is 18.2 Å². The topological polar surface area (TPSA) is 64.0 Å². The van der Waals surface area contributed by atoms with E-state index in [-0.39, 0.29) is 23.9 Å². The number of aromatic nitrogens is 2. The molecule has 1 aliphatic carbocycles. The van der Waals surface area contributed by atoms with Gasteiger partial charge < -0.3 is 5.32 Å². The molecule has 0 fully saturated rings. The molecule has 2 aromatic rings. The van der Waals surface area contributed by atoms with E-state index in [1.165, 1.54) is 0 Å². The lowest BCUT2D eigenvalue weighted by Gasteiger charge is -2.18. The summed E-state index contributed by atoms with van der Waals surface area (Å²) in [6.07, 6.45) is 4.12. The molecule has 5 nitrogen and oxygen atoms in total. The van der Waals surface area contributed by atoms with Crippen molar-refractivity contribution in [2.75, 3.05) is 5.75 Å². The van der Waals surface area contributed by atoms with Gasteiger partial charge in [0.25, 0.3) is 5.56 Å². The molecule has 136 valence electrons. The summed E-state index contributed by atoms with van der Waals surface area (Å²) in [7, 11) is 0. The summed E-state index contributed by atoms with van der Waals surface area (Å²) in [5.74, 6) is 0.637. The molecule has 0 saturated heterocycles. The molecule has 0 radical (unpaired) electrons. The molecule has 4 rings (SSSR count). The van der Waals surface area contributed by atoms with E-state index in [1.54, 1.807) is 22.4 Å². The maximum Gasteiger partial charge on any atom is 0.257 e. The Morgan fingerprint density at radius 2 is 2.12 bits per heavy atom. The van der Waals surface area contributed by atoms with Crippen molar-refractivity contribution < 1.29 is 4.79 Å². The summed E-state index contributed by atoms with van der Waals surface area (Å²) in [5, 5.41) is 4.31. The quantitative estimate of drug-likeness (QED) is 0.816. The molecule has 1 aromatic heterocycles. The van der Waals surface area contributed by atoms with Crippen molar-refractivity contribution >= 4 is 29.3 Å². The Labute approximate surface area is 161 Å². The number of benzene rings is 1. The van der Waals surface area contributed by atoms with E-state index in [0.717, 1.165) is 47.7 Å². The number of hydrogen-bond acceptors (Lipinski definition) is 4. The highest BCUT2D eigenvalue weighted by molar-refractivity contribution is 7.99. The van der Waals surface area contributed by atoms with Crippen molar-refractivity contribution in [1.29, 1.82) is 0 Å². The first-order valence-electron chi connectivity index (χ1n) is 8.90. The van der Waals surface area contributed by atoms with Crippen LogP contribution in [0, 0.1) is 0 Å². The van der Waals surface area contributed by atoms with Gasteiger partial charge in [0.2, 0.25) is 5.91 Å². The van der Waals surface area contributed by atoms with Crippen molar-refractivity contribution in [2.45, 2.75) is 49.8 Å². The van der Waals surface area contributed by atoms with Crippen molar-refractivity contribution in [3.63, 3.8) is 0 Å². The zero-order chi connectivity index (χ0) is 18.1. The monoisotopic (exact) mass is 389 g/mol. The Morgan fingerprint density at radius 1 is 1.31 bits per heavy atom. The lowest BCUT2D eigenvalue weighted by molar-refractivity contribution is -0.121. The van der Waals surface area contributed by atoms with Gasteiger partial charge in [0.05, 0.1) is 11.7 Å². The van der Waals surface area contributed by atoms with Gasteiger partial charge in [-0.05, 0) is 37.3 Å². The molecule has 1 aromatic carbocycles. The number of nitrogens with zero attached hydrogens (tertiary/aromatic N) is 2. The van der Waals surface area contributed by atoms with Crippen LogP contribution in [0.15, 0.2) is 34.2 Å². The minimum Gasteiger partial charge on any atom is -0.352 e. The van der Waals surface area contributed by atoms with Crippen LogP contribution in [0.3, 0.4) is 0 Å². The van der Waals surface area contributed by atoms with Gasteiger partial charge in [-0.3, -0.25) is 14.2 Å². The Hall–Kier alpha value is -1.79. The van der Waals surface area contributed by atoms with Crippen LogP contribution in [-0.4, -0.2) is 21.2 Å². The summed E-state index contributed by atoms with van der Waals surface area (Å²) in [4.78, 5) is 30.0. The van der Waals surface area contributed by atoms with Crippen LogP contribution in [0.1, 0.15) is 42.1 Å². The first kappa shape index (κ1) is 17.6. The SMILES string of the molecule is O=C(C[C@H]1CSc2nc3c(c(=O)n21)CCCC3)NCc1ccccc1Cl. The summed E-state index contributed by atoms with van der Waals surface area (Å²) in [6.45, 7) is 0.391. The van der Waals surface area contributed by atoms with Gasteiger partial charge in [-0.1, -0.05) is 41.6 Å². The minimum absolute atomic E-state index is 0.0543. The lowest BCUT2D eigenvalue weighted by atomic mass is 9.97. The van der Waals surface area contributed by atoms with Crippen LogP contribution in [0.25, 0.3) is 0 Å². The van der Waals surface area contributed by atoms with Crippen molar-refractivity contribution in [3.05, 3.63) is 56.5 Å². The Kier molecular flexibility index (Phi) is 5.05. The van der Waals surface area contributed by atoms with Crippen LogP contribution in [0.2, 0.25) is 5.02 Å². The first-order valence-corrected chi connectivity index (χ1v) is 10.3. The fraction of sp³-hybridized carbons (Fsp3) is 0.421. The number of fused-ring (bicyclic) bond motifs is 2.